The standard InChI is InChI=1S/C10H17NO/c1-6-4-7-8(10(7,2)3)5-9(6)11-12/h6-8,12H,4-5H2,1-3H3. The van der Waals surface area contributed by atoms with E-state index in [1.54, 1.807) is 0 Å². The molecule has 2 rings (SSSR count). The van der Waals surface area contributed by atoms with E-state index in [0.717, 1.165) is 24.0 Å². The van der Waals surface area contributed by atoms with E-state index in [1.807, 2.05) is 0 Å². The van der Waals surface area contributed by atoms with Crippen LogP contribution in [0.15, 0.2) is 5.16 Å². The second kappa shape index (κ2) is 2.24. The maximum absolute atomic E-state index is 8.76. The zero-order chi connectivity index (χ0) is 8.93. The third-order valence-electron chi connectivity index (χ3n) is 4.02. The third-order valence-corrected chi connectivity index (χ3v) is 4.02. The molecule has 0 aromatic rings. The van der Waals surface area contributed by atoms with E-state index in [9.17, 15) is 0 Å². The van der Waals surface area contributed by atoms with Gasteiger partial charge in [0.2, 0.25) is 0 Å². The molecule has 0 heterocycles. The summed E-state index contributed by atoms with van der Waals surface area (Å²) >= 11 is 0. The average molecular weight is 167 g/mol. The van der Waals surface area contributed by atoms with Gasteiger partial charge in [-0.15, -0.1) is 0 Å². The van der Waals surface area contributed by atoms with Crippen molar-refractivity contribution in [3.8, 4) is 0 Å². The molecular formula is C10H17NO. The van der Waals surface area contributed by atoms with Crippen LogP contribution >= 0.6 is 0 Å². The topological polar surface area (TPSA) is 32.6 Å². The largest absolute Gasteiger partial charge is 0.411 e. The molecule has 0 aromatic carbocycles. The molecular weight excluding hydrogens is 150 g/mol. The number of nitrogens with zero attached hydrogens (tertiary/aromatic N) is 1. The Kier molecular flexibility index (Phi) is 1.51. The summed E-state index contributed by atoms with van der Waals surface area (Å²) in [6.45, 7) is 6.82. The van der Waals surface area contributed by atoms with Gasteiger partial charge in [-0.25, -0.2) is 0 Å². The summed E-state index contributed by atoms with van der Waals surface area (Å²) in [5, 5.41) is 12.1. The fourth-order valence-electron chi connectivity index (χ4n) is 2.81. The van der Waals surface area contributed by atoms with Crippen LogP contribution in [0.5, 0.6) is 0 Å². The number of fused-ring (bicyclic) bond motifs is 1. The predicted molar refractivity (Wildman–Crippen MR) is 48.4 cm³/mol. The fourth-order valence-corrected chi connectivity index (χ4v) is 2.81. The molecule has 3 unspecified atom stereocenters. The first-order chi connectivity index (χ1) is 5.57. The Morgan fingerprint density at radius 3 is 2.67 bits per heavy atom. The fraction of sp³-hybridized carbons (Fsp3) is 0.900. The van der Waals surface area contributed by atoms with Crippen LogP contribution in [0.3, 0.4) is 0 Å². The van der Waals surface area contributed by atoms with Gasteiger partial charge in [-0.1, -0.05) is 25.9 Å². The van der Waals surface area contributed by atoms with E-state index < -0.39 is 0 Å². The molecule has 68 valence electrons. The first-order valence-electron chi connectivity index (χ1n) is 4.78. The smallest absolute Gasteiger partial charge is 0.0602 e. The highest BCUT2D eigenvalue weighted by Gasteiger charge is 2.60. The first-order valence-corrected chi connectivity index (χ1v) is 4.78. The lowest BCUT2D eigenvalue weighted by Crippen LogP contribution is -2.17. The molecule has 2 aliphatic rings. The van der Waals surface area contributed by atoms with Gasteiger partial charge in [-0.2, -0.15) is 0 Å². The minimum atomic E-state index is 0.498. The van der Waals surface area contributed by atoms with Crippen LogP contribution < -0.4 is 0 Å². The summed E-state index contributed by atoms with van der Waals surface area (Å²) in [4.78, 5) is 0. The Bertz CT molecular complexity index is 232. The summed E-state index contributed by atoms with van der Waals surface area (Å²) in [5.74, 6) is 2.18. The van der Waals surface area contributed by atoms with E-state index in [1.165, 1.54) is 6.42 Å². The van der Waals surface area contributed by atoms with Crippen molar-refractivity contribution in [3.63, 3.8) is 0 Å². The lowest BCUT2D eigenvalue weighted by molar-refractivity contribution is 0.309. The molecule has 0 saturated heterocycles. The molecule has 2 nitrogen and oxygen atoms in total. The van der Waals surface area contributed by atoms with Crippen LogP contribution in [0.4, 0.5) is 0 Å². The summed E-state index contributed by atoms with van der Waals surface area (Å²) in [7, 11) is 0. The highest BCUT2D eigenvalue weighted by Crippen LogP contribution is 2.65. The maximum atomic E-state index is 8.76. The lowest BCUT2D eigenvalue weighted by atomic mass is 9.89. The molecule has 0 radical (unpaired) electrons. The highest BCUT2D eigenvalue weighted by molar-refractivity contribution is 5.87. The Morgan fingerprint density at radius 2 is 2.08 bits per heavy atom. The zero-order valence-electron chi connectivity index (χ0n) is 8.04. The van der Waals surface area contributed by atoms with Gasteiger partial charge in [0.05, 0.1) is 5.71 Å². The van der Waals surface area contributed by atoms with Crippen molar-refractivity contribution in [2.24, 2.45) is 28.3 Å². The van der Waals surface area contributed by atoms with Crippen LogP contribution in [-0.2, 0) is 0 Å². The van der Waals surface area contributed by atoms with Crippen molar-refractivity contribution in [2.75, 3.05) is 0 Å². The van der Waals surface area contributed by atoms with Gasteiger partial charge >= 0.3 is 0 Å². The number of oxime groups is 1. The Morgan fingerprint density at radius 1 is 1.42 bits per heavy atom. The number of hydrogen-bond acceptors (Lipinski definition) is 2. The van der Waals surface area contributed by atoms with Crippen LogP contribution in [0, 0.1) is 23.2 Å². The normalized spacial score (nSPS) is 47.2. The van der Waals surface area contributed by atoms with Crippen molar-refractivity contribution < 1.29 is 5.21 Å². The predicted octanol–water partition coefficient (Wildman–Crippen LogP) is 2.52. The molecule has 0 spiro atoms. The van der Waals surface area contributed by atoms with E-state index >= 15 is 0 Å². The monoisotopic (exact) mass is 167 g/mol. The molecule has 2 aliphatic carbocycles. The Balaban J connectivity index is 2.13. The highest BCUT2D eigenvalue weighted by atomic mass is 16.4. The van der Waals surface area contributed by atoms with E-state index in [-0.39, 0.29) is 0 Å². The zero-order valence-corrected chi connectivity index (χ0v) is 8.04. The van der Waals surface area contributed by atoms with Crippen molar-refractivity contribution in [1.82, 2.24) is 0 Å². The van der Waals surface area contributed by atoms with Crippen LogP contribution in [0.2, 0.25) is 0 Å². The number of hydrogen-bond donors (Lipinski definition) is 1. The Hall–Kier alpha value is -0.530. The van der Waals surface area contributed by atoms with E-state index in [2.05, 4.69) is 25.9 Å². The van der Waals surface area contributed by atoms with Crippen molar-refractivity contribution in [1.29, 1.82) is 0 Å². The van der Waals surface area contributed by atoms with Gasteiger partial charge in [0, 0.05) is 0 Å². The second-order valence-electron chi connectivity index (χ2n) is 4.97. The molecule has 0 bridgehead atoms. The minimum absolute atomic E-state index is 0.498. The van der Waals surface area contributed by atoms with E-state index in [4.69, 9.17) is 5.21 Å². The third kappa shape index (κ3) is 0.900. The van der Waals surface area contributed by atoms with Crippen molar-refractivity contribution >= 4 is 5.71 Å². The van der Waals surface area contributed by atoms with E-state index in [0.29, 0.717) is 11.3 Å². The van der Waals surface area contributed by atoms with Crippen LogP contribution in [-0.4, -0.2) is 10.9 Å². The molecule has 0 aromatic heterocycles. The van der Waals surface area contributed by atoms with Gasteiger partial charge in [-0.3, -0.25) is 0 Å². The Labute approximate surface area is 73.7 Å². The van der Waals surface area contributed by atoms with Gasteiger partial charge in [-0.05, 0) is 36.0 Å². The maximum Gasteiger partial charge on any atom is 0.0602 e. The summed E-state index contributed by atoms with van der Waals surface area (Å²) in [6.07, 6.45) is 2.24. The molecule has 0 aliphatic heterocycles. The number of rotatable bonds is 0. The minimum Gasteiger partial charge on any atom is -0.411 e. The molecule has 0 amide bonds. The van der Waals surface area contributed by atoms with Gasteiger partial charge in [0.1, 0.15) is 0 Å². The van der Waals surface area contributed by atoms with Gasteiger partial charge in [0.25, 0.3) is 0 Å². The van der Waals surface area contributed by atoms with Crippen molar-refractivity contribution in [2.45, 2.75) is 33.6 Å². The van der Waals surface area contributed by atoms with Crippen molar-refractivity contribution in [3.05, 3.63) is 0 Å². The SMILES string of the molecule is CC1CC2C(CC1=NO)C2(C)C. The van der Waals surface area contributed by atoms with Gasteiger partial charge in [0.15, 0.2) is 0 Å². The van der Waals surface area contributed by atoms with Crippen LogP contribution in [0.25, 0.3) is 0 Å². The molecule has 12 heavy (non-hydrogen) atoms. The molecule has 1 N–H and O–H groups in total. The average Bonchev–Trinajstić information content (AvgIpc) is 2.52. The lowest BCUT2D eigenvalue weighted by Gasteiger charge is -2.17. The second-order valence-corrected chi connectivity index (χ2v) is 4.97. The summed E-state index contributed by atoms with van der Waals surface area (Å²) in [5.41, 5.74) is 1.53. The molecule has 2 saturated carbocycles. The summed E-state index contributed by atoms with van der Waals surface area (Å²) < 4.78 is 0. The molecule has 2 fully saturated rings. The van der Waals surface area contributed by atoms with Crippen LogP contribution in [0.1, 0.15) is 33.6 Å². The summed E-state index contributed by atoms with van der Waals surface area (Å²) in [6, 6.07) is 0. The van der Waals surface area contributed by atoms with Gasteiger partial charge < -0.3 is 5.21 Å². The first kappa shape index (κ1) is 8.09. The molecule has 3 atom stereocenters. The molecule has 2 heteroatoms. The quantitative estimate of drug-likeness (QED) is 0.436.